The third-order valence-electron chi connectivity index (χ3n) is 2.83. The van der Waals surface area contributed by atoms with Gasteiger partial charge in [-0.2, -0.15) is 0 Å². The van der Waals surface area contributed by atoms with Crippen molar-refractivity contribution in [2.24, 2.45) is 11.8 Å². The Morgan fingerprint density at radius 2 is 2.19 bits per heavy atom. The molecule has 0 saturated heterocycles. The number of thioether (sulfide) groups is 1. The van der Waals surface area contributed by atoms with E-state index in [4.69, 9.17) is 5.84 Å². The van der Waals surface area contributed by atoms with Crippen molar-refractivity contribution in [1.29, 1.82) is 0 Å². The first-order chi connectivity index (χ1) is 7.79. The van der Waals surface area contributed by atoms with Crippen LogP contribution in [-0.4, -0.2) is 11.8 Å². The van der Waals surface area contributed by atoms with Gasteiger partial charge < -0.3 is 0 Å². The van der Waals surface area contributed by atoms with Crippen LogP contribution in [0.2, 0.25) is 0 Å². The zero-order valence-corrected chi connectivity index (χ0v) is 11.6. The molecule has 1 aromatic carbocycles. The van der Waals surface area contributed by atoms with Crippen LogP contribution in [0.1, 0.15) is 19.3 Å². The molecule has 0 amide bonds. The number of halogens is 1. The fourth-order valence-electron chi connectivity index (χ4n) is 1.69. The molecule has 2 rings (SSSR count). The molecular formula is C12H17BrN2S. The lowest BCUT2D eigenvalue weighted by Gasteiger charge is -2.15. The van der Waals surface area contributed by atoms with Crippen LogP contribution >= 0.6 is 27.7 Å². The Labute approximate surface area is 109 Å². The van der Waals surface area contributed by atoms with E-state index in [-0.39, 0.29) is 0 Å². The van der Waals surface area contributed by atoms with Gasteiger partial charge in [0.25, 0.3) is 0 Å². The second-order valence-corrected chi connectivity index (χ2v) is 6.20. The number of rotatable bonds is 6. The minimum Gasteiger partial charge on any atom is -0.271 e. The van der Waals surface area contributed by atoms with Gasteiger partial charge in [0.05, 0.1) is 0 Å². The zero-order chi connectivity index (χ0) is 11.4. The number of nitrogens with one attached hydrogen (secondary N) is 1. The van der Waals surface area contributed by atoms with E-state index < -0.39 is 0 Å². The molecule has 1 fully saturated rings. The Morgan fingerprint density at radius 1 is 1.44 bits per heavy atom. The molecule has 3 N–H and O–H groups in total. The number of nitrogens with two attached hydrogens (primary N) is 1. The van der Waals surface area contributed by atoms with E-state index in [1.165, 1.54) is 28.6 Å². The summed E-state index contributed by atoms with van der Waals surface area (Å²) in [7, 11) is 0. The fourth-order valence-corrected chi connectivity index (χ4v) is 3.31. The van der Waals surface area contributed by atoms with Gasteiger partial charge in [0.1, 0.15) is 0 Å². The first kappa shape index (κ1) is 12.4. The monoisotopic (exact) mass is 300 g/mol. The SMILES string of the molecule is NNC(CSc1ccccc1Br)CC1CC1. The smallest absolute Gasteiger partial charge is 0.0311 e. The second kappa shape index (κ2) is 6.05. The van der Waals surface area contributed by atoms with E-state index in [0.717, 1.165) is 11.7 Å². The average Bonchev–Trinajstić information content (AvgIpc) is 3.10. The molecule has 0 aliphatic heterocycles. The maximum absolute atomic E-state index is 5.58. The molecule has 1 saturated carbocycles. The lowest BCUT2D eigenvalue weighted by Crippen LogP contribution is -2.37. The predicted molar refractivity (Wildman–Crippen MR) is 73.3 cm³/mol. The summed E-state index contributed by atoms with van der Waals surface area (Å²) in [4.78, 5) is 1.29. The molecule has 1 unspecified atom stereocenters. The van der Waals surface area contributed by atoms with Gasteiger partial charge in [0.2, 0.25) is 0 Å². The van der Waals surface area contributed by atoms with Gasteiger partial charge in [-0.1, -0.05) is 25.0 Å². The van der Waals surface area contributed by atoms with Crippen molar-refractivity contribution in [2.45, 2.75) is 30.2 Å². The van der Waals surface area contributed by atoms with Crippen LogP contribution < -0.4 is 11.3 Å². The fraction of sp³-hybridized carbons (Fsp3) is 0.500. The van der Waals surface area contributed by atoms with Crippen molar-refractivity contribution < 1.29 is 0 Å². The van der Waals surface area contributed by atoms with E-state index in [9.17, 15) is 0 Å². The van der Waals surface area contributed by atoms with E-state index >= 15 is 0 Å². The topological polar surface area (TPSA) is 38.0 Å². The highest BCUT2D eigenvalue weighted by molar-refractivity contribution is 9.10. The van der Waals surface area contributed by atoms with Gasteiger partial charge in [-0.3, -0.25) is 11.3 Å². The second-order valence-electron chi connectivity index (χ2n) is 4.28. The van der Waals surface area contributed by atoms with Crippen molar-refractivity contribution >= 4 is 27.7 Å². The summed E-state index contributed by atoms with van der Waals surface area (Å²) in [6.07, 6.45) is 3.99. The Hall–Kier alpha value is -0.0300. The molecule has 16 heavy (non-hydrogen) atoms. The van der Waals surface area contributed by atoms with Gasteiger partial charge in [0.15, 0.2) is 0 Å². The molecule has 1 aromatic rings. The average molecular weight is 301 g/mol. The lowest BCUT2D eigenvalue weighted by atomic mass is 10.2. The van der Waals surface area contributed by atoms with Crippen molar-refractivity contribution in [3.05, 3.63) is 28.7 Å². The number of hydrazine groups is 1. The maximum atomic E-state index is 5.58. The molecule has 0 spiro atoms. The molecule has 1 atom stereocenters. The Morgan fingerprint density at radius 3 is 2.81 bits per heavy atom. The quantitative estimate of drug-likeness (QED) is 0.481. The van der Waals surface area contributed by atoms with Crippen LogP contribution in [0.15, 0.2) is 33.6 Å². The molecular weight excluding hydrogens is 284 g/mol. The summed E-state index contributed by atoms with van der Waals surface area (Å²) in [6.45, 7) is 0. The van der Waals surface area contributed by atoms with Crippen molar-refractivity contribution in [3.8, 4) is 0 Å². The van der Waals surface area contributed by atoms with E-state index in [1.54, 1.807) is 0 Å². The molecule has 1 aliphatic rings. The van der Waals surface area contributed by atoms with Crippen LogP contribution in [0.3, 0.4) is 0 Å². The van der Waals surface area contributed by atoms with Crippen molar-refractivity contribution in [2.75, 3.05) is 5.75 Å². The molecule has 4 heteroatoms. The van der Waals surface area contributed by atoms with Gasteiger partial charge in [-0.25, -0.2) is 0 Å². The highest BCUT2D eigenvalue weighted by atomic mass is 79.9. The maximum Gasteiger partial charge on any atom is 0.0311 e. The highest BCUT2D eigenvalue weighted by Crippen LogP contribution is 2.35. The van der Waals surface area contributed by atoms with Gasteiger partial charge in [-0.15, -0.1) is 11.8 Å². The molecule has 0 aromatic heterocycles. The third kappa shape index (κ3) is 3.77. The van der Waals surface area contributed by atoms with Gasteiger partial charge in [0, 0.05) is 21.2 Å². The molecule has 88 valence electrons. The standard InChI is InChI=1S/C12H17BrN2S/c13-11-3-1-2-4-12(11)16-8-10(15-14)7-9-5-6-9/h1-4,9-10,15H,5-8,14H2. The summed E-state index contributed by atoms with van der Waals surface area (Å²) in [5.41, 5.74) is 2.93. The van der Waals surface area contributed by atoms with Gasteiger partial charge >= 0.3 is 0 Å². The van der Waals surface area contributed by atoms with Crippen LogP contribution in [-0.2, 0) is 0 Å². The Bertz CT molecular complexity index is 342. The highest BCUT2D eigenvalue weighted by Gasteiger charge is 2.24. The van der Waals surface area contributed by atoms with E-state index in [2.05, 4.69) is 39.6 Å². The summed E-state index contributed by atoms with van der Waals surface area (Å²) < 4.78 is 1.17. The van der Waals surface area contributed by atoms with Crippen LogP contribution in [0.4, 0.5) is 0 Å². The summed E-state index contributed by atoms with van der Waals surface area (Å²) in [5.74, 6) is 7.53. The minimum absolute atomic E-state index is 0.435. The summed E-state index contributed by atoms with van der Waals surface area (Å²) in [6, 6.07) is 8.76. The number of hydrogen-bond acceptors (Lipinski definition) is 3. The summed E-state index contributed by atoms with van der Waals surface area (Å²) >= 11 is 5.42. The molecule has 0 radical (unpaired) electrons. The minimum atomic E-state index is 0.435. The van der Waals surface area contributed by atoms with Crippen LogP contribution in [0.5, 0.6) is 0 Å². The molecule has 2 nitrogen and oxygen atoms in total. The first-order valence-corrected chi connectivity index (χ1v) is 7.41. The molecule has 0 bridgehead atoms. The van der Waals surface area contributed by atoms with E-state index in [0.29, 0.717) is 6.04 Å². The van der Waals surface area contributed by atoms with Crippen molar-refractivity contribution in [3.63, 3.8) is 0 Å². The van der Waals surface area contributed by atoms with Crippen molar-refractivity contribution in [1.82, 2.24) is 5.43 Å². The van der Waals surface area contributed by atoms with Gasteiger partial charge in [-0.05, 0) is 40.4 Å². The Balaban J connectivity index is 1.82. The number of hydrogen-bond donors (Lipinski definition) is 2. The Kier molecular flexibility index (Phi) is 4.70. The van der Waals surface area contributed by atoms with Crippen LogP contribution in [0, 0.1) is 5.92 Å². The first-order valence-electron chi connectivity index (χ1n) is 5.63. The largest absolute Gasteiger partial charge is 0.271 e. The number of benzene rings is 1. The third-order valence-corrected chi connectivity index (χ3v) is 5.02. The normalized spacial score (nSPS) is 17.4. The lowest BCUT2D eigenvalue weighted by molar-refractivity contribution is 0.508. The summed E-state index contributed by atoms with van der Waals surface area (Å²) in [5, 5.41) is 0. The molecule has 0 heterocycles. The molecule has 1 aliphatic carbocycles. The predicted octanol–water partition coefficient (Wildman–Crippen LogP) is 3.17. The van der Waals surface area contributed by atoms with E-state index in [1.807, 2.05) is 17.8 Å². The van der Waals surface area contributed by atoms with Crippen LogP contribution in [0.25, 0.3) is 0 Å². The zero-order valence-electron chi connectivity index (χ0n) is 9.16.